The third-order valence-corrected chi connectivity index (χ3v) is 6.09. The number of amides is 1. The number of rotatable bonds is 7. The van der Waals surface area contributed by atoms with E-state index in [0.29, 0.717) is 22.2 Å². The second-order valence-corrected chi connectivity index (χ2v) is 8.69. The van der Waals surface area contributed by atoms with Gasteiger partial charge in [0.05, 0.1) is 18.4 Å². The first-order valence-corrected chi connectivity index (χ1v) is 11.6. The summed E-state index contributed by atoms with van der Waals surface area (Å²) in [7, 11) is 1.33. The highest BCUT2D eigenvalue weighted by Gasteiger charge is 2.17. The Kier molecular flexibility index (Phi) is 7.08. The van der Waals surface area contributed by atoms with Gasteiger partial charge in [0.1, 0.15) is 0 Å². The molecule has 1 N–H and O–H groups in total. The van der Waals surface area contributed by atoms with Crippen LogP contribution in [-0.4, -0.2) is 39.5 Å². The molecule has 0 saturated carbocycles. The van der Waals surface area contributed by atoms with Crippen molar-refractivity contribution in [1.29, 1.82) is 0 Å². The zero-order chi connectivity index (χ0) is 24.1. The van der Waals surface area contributed by atoms with E-state index in [1.165, 1.54) is 18.9 Å². The van der Waals surface area contributed by atoms with Gasteiger partial charge in [0.25, 0.3) is 0 Å². The van der Waals surface area contributed by atoms with E-state index < -0.39 is 5.97 Å². The number of thioether (sulfide) groups is 1. The SMILES string of the molecule is COC(=O)c1ccc(NC(=O)CSc2nnc(-c3ccc(C)cc3)n2-c2ccc(C)cc2)cc1. The number of nitrogens with one attached hydrogen (secondary N) is 1. The molecular formula is C26H24N4O3S. The number of methoxy groups -OCH3 is 1. The predicted octanol–water partition coefficient (Wildman–Crippen LogP) is 5.07. The van der Waals surface area contributed by atoms with Gasteiger partial charge in [-0.3, -0.25) is 9.36 Å². The van der Waals surface area contributed by atoms with Crippen LogP contribution in [0.1, 0.15) is 21.5 Å². The summed E-state index contributed by atoms with van der Waals surface area (Å²) < 4.78 is 6.66. The third kappa shape index (κ3) is 5.35. The molecule has 0 aliphatic rings. The number of esters is 1. The molecule has 3 aromatic carbocycles. The zero-order valence-corrected chi connectivity index (χ0v) is 19.9. The average molecular weight is 473 g/mol. The lowest BCUT2D eigenvalue weighted by Gasteiger charge is -2.11. The van der Waals surface area contributed by atoms with Gasteiger partial charge in [-0.1, -0.05) is 59.3 Å². The summed E-state index contributed by atoms with van der Waals surface area (Å²) in [5, 5.41) is 12.3. The van der Waals surface area contributed by atoms with Gasteiger partial charge in [-0.25, -0.2) is 4.79 Å². The van der Waals surface area contributed by atoms with E-state index >= 15 is 0 Å². The molecule has 8 heteroatoms. The van der Waals surface area contributed by atoms with Gasteiger partial charge in [0, 0.05) is 16.9 Å². The lowest BCUT2D eigenvalue weighted by Crippen LogP contribution is -2.14. The van der Waals surface area contributed by atoms with Crippen LogP contribution in [0.4, 0.5) is 5.69 Å². The van der Waals surface area contributed by atoms with Gasteiger partial charge >= 0.3 is 5.97 Å². The summed E-state index contributed by atoms with van der Waals surface area (Å²) in [6.45, 7) is 4.08. The number of anilines is 1. The fourth-order valence-electron chi connectivity index (χ4n) is 3.31. The number of hydrogen-bond acceptors (Lipinski definition) is 6. The van der Waals surface area contributed by atoms with Crippen molar-refractivity contribution < 1.29 is 14.3 Å². The standard InChI is InChI=1S/C26H24N4O3S/c1-17-4-8-19(9-5-17)24-28-29-26(30(24)22-14-6-18(2)7-15-22)34-16-23(31)27-21-12-10-20(11-13-21)25(32)33-3/h4-15H,16H2,1-3H3,(H,27,31). The van der Waals surface area contributed by atoms with Gasteiger partial charge in [0.15, 0.2) is 11.0 Å². The van der Waals surface area contributed by atoms with E-state index in [2.05, 4.69) is 15.5 Å². The second-order valence-electron chi connectivity index (χ2n) is 7.75. The molecule has 0 atom stereocenters. The first-order chi connectivity index (χ1) is 16.4. The van der Waals surface area contributed by atoms with Crippen LogP contribution in [0.25, 0.3) is 17.1 Å². The second kappa shape index (κ2) is 10.4. The molecule has 0 aliphatic carbocycles. The minimum absolute atomic E-state index is 0.149. The molecule has 1 aromatic heterocycles. The molecule has 172 valence electrons. The molecule has 0 radical (unpaired) electrons. The molecule has 1 heterocycles. The Morgan fingerprint density at radius 3 is 2.12 bits per heavy atom. The van der Waals surface area contributed by atoms with Crippen LogP contribution >= 0.6 is 11.8 Å². The molecular weight excluding hydrogens is 448 g/mol. The molecule has 0 aliphatic heterocycles. The van der Waals surface area contributed by atoms with Crippen LogP contribution in [0.15, 0.2) is 78.0 Å². The van der Waals surface area contributed by atoms with Crippen LogP contribution in [0.5, 0.6) is 0 Å². The van der Waals surface area contributed by atoms with Crippen molar-refractivity contribution in [2.24, 2.45) is 0 Å². The highest BCUT2D eigenvalue weighted by molar-refractivity contribution is 7.99. The lowest BCUT2D eigenvalue weighted by molar-refractivity contribution is -0.113. The number of carbonyl (C=O) groups excluding carboxylic acids is 2. The number of carbonyl (C=O) groups is 2. The molecule has 0 unspecified atom stereocenters. The zero-order valence-electron chi connectivity index (χ0n) is 19.1. The Balaban J connectivity index is 1.53. The van der Waals surface area contributed by atoms with E-state index in [9.17, 15) is 9.59 Å². The quantitative estimate of drug-likeness (QED) is 0.299. The normalized spacial score (nSPS) is 10.7. The first kappa shape index (κ1) is 23.3. The first-order valence-electron chi connectivity index (χ1n) is 10.6. The summed E-state index contributed by atoms with van der Waals surface area (Å²) >= 11 is 1.31. The van der Waals surface area contributed by atoms with E-state index in [1.807, 2.05) is 66.9 Å². The van der Waals surface area contributed by atoms with E-state index in [1.54, 1.807) is 24.3 Å². The summed E-state index contributed by atoms with van der Waals surface area (Å²) in [5.74, 6) is 0.251. The average Bonchev–Trinajstić information content (AvgIpc) is 3.27. The minimum atomic E-state index is -0.423. The summed E-state index contributed by atoms with van der Waals surface area (Å²) in [4.78, 5) is 24.2. The Labute approximate surface area is 202 Å². The Morgan fingerprint density at radius 2 is 1.50 bits per heavy atom. The Morgan fingerprint density at radius 1 is 0.882 bits per heavy atom. The summed E-state index contributed by atoms with van der Waals surface area (Å²) in [6, 6.07) is 22.8. The monoisotopic (exact) mass is 472 g/mol. The fraction of sp³-hybridized carbons (Fsp3) is 0.154. The van der Waals surface area contributed by atoms with Crippen LogP contribution in [0.3, 0.4) is 0 Å². The molecule has 4 aromatic rings. The number of benzene rings is 3. The summed E-state index contributed by atoms with van der Waals surface area (Å²) in [5.41, 5.74) is 5.20. The molecule has 7 nitrogen and oxygen atoms in total. The molecule has 0 spiro atoms. The van der Waals surface area contributed by atoms with Gasteiger partial charge < -0.3 is 10.1 Å². The van der Waals surface area contributed by atoms with E-state index in [4.69, 9.17) is 4.74 Å². The van der Waals surface area contributed by atoms with Crippen molar-refractivity contribution >= 4 is 29.3 Å². The summed E-state index contributed by atoms with van der Waals surface area (Å²) in [6.07, 6.45) is 0. The van der Waals surface area contributed by atoms with Crippen molar-refractivity contribution in [3.05, 3.63) is 89.5 Å². The van der Waals surface area contributed by atoms with Gasteiger partial charge in [0.2, 0.25) is 5.91 Å². The predicted molar refractivity (Wildman–Crippen MR) is 133 cm³/mol. The smallest absolute Gasteiger partial charge is 0.337 e. The molecule has 34 heavy (non-hydrogen) atoms. The van der Waals surface area contributed by atoms with Crippen molar-refractivity contribution in [2.75, 3.05) is 18.2 Å². The third-order valence-electron chi connectivity index (χ3n) is 5.16. The van der Waals surface area contributed by atoms with E-state index in [-0.39, 0.29) is 11.7 Å². The fourth-order valence-corrected chi connectivity index (χ4v) is 4.07. The number of ether oxygens (including phenoxy) is 1. The van der Waals surface area contributed by atoms with Gasteiger partial charge in [-0.15, -0.1) is 10.2 Å². The Bertz CT molecular complexity index is 1300. The van der Waals surface area contributed by atoms with Crippen molar-refractivity contribution in [1.82, 2.24) is 14.8 Å². The van der Waals surface area contributed by atoms with Crippen molar-refractivity contribution in [3.8, 4) is 17.1 Å². The van der Waals surface area contributed by atoms with Crippen LogP contribution in [-0.2, 0) is 9.53 Å². The van der Waals surface area contributed by atoms with Crippen LogP contribution in [0.2, 0.25) is 0 Å². The maximum Gasteiger partial charge on any atom is 0.337 e. The van der Waals surface area contributed by atoms with Crippen LogP contribution < -0.4 is 5.32 Å². The molecule has 4 rings (SSSR count). The molecule has 0 fully saturated rings. The van der Waals surface area contributed by atoms with Gasteiger partial charge in [-0.2, -0.15) is 0 Å². The maximum atomic E-state index is 12.6. The molecule has 0 bridgehead atoms. The highest BCUT2D eigenvalue weighted by Crippen LogP contribution is 2.28. The molecule has 1 amide bonds. The topological polar surface area (TPSA) is 86.1 Å². The number of hydrogen-bond donors (Lipinski definition) is 1. The van der Waals surface area contributed by atoms with E-state index in [0.717, 1.165) is 22.4 Å². The highest BCUT2D eigenvalue weighted by atomic mass is 32.2. The van der Waals surface area contributed by atoms with Crippen molar-refractivity contribution in [3.63, 3.8) is 0 Å². The number of nitrogens with zero attached hydrogens (tertiary/aromatic N) is 3. The van der Waals surface area contributed by atoms with Crippen LogP contribution in [0, 0.1) is 13.8 Å². The number of aromatic nitrogens is 3. The molecule has 0 saturated heterocycles. The maximum absolute atomic E-state index is 12.6. The number of aryl methyl sites for hydroxylation is 2. The van der Waals surface area contributed by atoms with Crippen molar-refractivity contribution in [2.45, 2.75) is 19.0 Å². The Hall–Kier alpha value is -3.91. The largest absolute Gasteiger partial charge is 0.465 e. The minimum Gasteiger partial charge on any atom is -0.465 e. The van der Waals surface area contributed by atoms with Gasteiger partial charge in [-0.05, 0) is 50.2 Å². The lowest BCUT2D eigenvalue weighted by atomic mass is 10.1.